The zero-order chi connectivity index (χ0) is 38.4. The lowest BCUT2D eigenvalue weighted by Crippen LogP contribution is -2.32. The van der Waals surface area contributed by atoms with Gasteiger partial charge in [0, 0.05) is 43.0 Å². The third kappa shape index (κ3) is 7.88. The highest BCUT2D eigenvalue weighted by atomic mass is 32.2. The monoisotopic (exact) mass is 751 g/mol. The Morgan fingerprint density at radius 2 is 1.56 bits per heavy atom. The van der Waals surface area contributed by atoms with E-state index in [1.165, 1.54) is 62.1 Å². The normalized spacial score (nSPS) is 12.7. The molecule has 0 aliphatic rings. The maximum Gasteiger partial charge on any atom is 0.573 e. The smallest absolute Gasteiger partial charge is 0.406 e. The summed E-state index contributed by atoms with van der Waals surface area (Å²) in [6.07, 6.45) is -3.47. The summed E-state index contributed by atoms with van der Waals surface area (Å²) < 4.78 is 116. The molecule has 0 bridgehead atoms. The van der Waals surface area contributed by atoms with Crippen LogP contribution in [0.15, 0.2) is 71.8 Å². The van der Waals surface area contributed by atoms with Crippen molar-refractivity contribution in [3.63, 3.8) is 0 Å². The van der Waals surface area contributed by atoms with Gasteiger partial charge in [-0.25, -0.2) is 17.5 Å². The van der Waals surface area contributed by atoms with Gasteiger partial charge in [0.15, 0.2) is 9.84 Å². The first kappa shape index (κ1) is 38.2. The van der Waals surface area contributed by atoms with Crippen LogP contribution in [-0.4, -0.2) is 68.4 Å². The molecule has 0 radical (unpaired) electrons. The fraction of sp³-hybridized carbons (Fsp3) is 0.294. The lowest BCUT2D eigenvalue weighted by molar-refractivity contribution is -0.274. The molecule has 5 rings (SSSR count). The van der Waals surface area contributed by atoms with Crippen LogP contribution in [0, 0.1) is 11.2 Å². The average molecular weight is 752 g/mol. The molecule has 52 heavy (non-hydrogen) atoms. The fourth-order valence-corrected chi connectivity index (χ4v) is 6.37. The van der Waals surface area contributed by atoms with E-state index in [1.807, 2.05) is 0 Å². The van der Waals surface area contributed by atoms with Crippen molar-refractivity contribution in [2.75, 3.05) is 12.9 Å². The number of aliphatic hydroxyl groups is 2. The Morgan fingerprint density at radius 1 is 0.904 bits per heavy atom. The maximum atomic E-state index is 15.5. The quantitative estimate of drug-likeness (QED) is 0.146. The Morgan fingerprint density at radius 3 is 2.15 bits per heavy atom. The molecule has 276 valence electrons. The van der Waals surface area contributed by atoms with Gasteiger partial charge in [0.1, 0.15) is 17.3 Å². The predicted octanol–water partition coefficient (Wildman–Crippen LogP) is 6.00. The number of sulfone groups is 1. The number of Topliss-reactive ketones (excluding diaryl/α,β-unsaturated/α-hetero) is 1. The van der Waals surface area contributed by atoms with Gasteiger partial charge in [0.2, 0.25) is 5.78 Å². The van der Waals surface area contributed by atoms with Crippen LogP contribution in [0.3, 0.4) is 0 Å². The van der Waals surface area contributed by atoms with E-state index in [2.05, 4.69) is 20.1 Å². The molecule has 0 atom stereocenters. The summed E-state index contributed by atoms with van der Waals surface area (Å²) in [5.74, 6) is -7.05. The lowest BCUT2D eigenvalue weighted by atomic mass is 9.86. The SMILES string of the molecule is Cn1nc(C(F)(F)C(=O)CC(C)(C)CO)cc1-c1ccc(-c2cc(F)c(CO)c(S(C)(=O)=O)c2)cc1-n1nncc1-c1ccc(OC(F)(F)F)cc1. The Balaban J connectivity index is 1.70. The standard InChI is InChI=1S/C34H31F6N5O6S/c1-32(2,18-47)15-31(48)33(36,37)30-14-26(44(3)42-30)23-10-7-20(21-11-25(35)24(17-46)29(13-21)52(4,49)50)12-27(23)45-28(16-41-43-45)19-5-8-22(9-6-19)51-34(38,39)40/h5-14,16,46-47H,15,17-18H2,1-4H3. The van der Waals surface area contributed by atoms with Crippen molar-refractivity contribution in [2.45, 2.75) is 44.1 Å². The molecular formula is C34H31F6N5O6S. The van der Waals surface area contributed by atoms with E-state index < -0.39 is 80.7 Å². The number of aryl methyl sites for hydroxylation is 1. The number of aliphatic hydroxyl groups excluding tert-OH is 2. The zero-order valence-corrected chi connectivity index (χ0v) is 28.7. The van der Waals surface area contributed by atoms with Gasteiger partial charge >= 0.3 is 12.3 Å². The molecule has 0 aliphatic heterocycles. The van der Waals surface area contributed by atoms with Gasteiger partial charge in [-0.15, -0.1) is 18.3 Å². The van der Waals surface area contributed by atoms with Crippen LogP contribution in [-0.2, 0) is 34.2 Å². The zero-order valence-electron chi connectivity index (χ0n) is 27.9. The molecule has 11 nitrogen and oxygen atoms in total. The number of halogens is 6. The number of rotatable bonds is 12. The van der Waals surface area contributed by atoms with Crippen LogP contribution in [0.1, 0.15) is 31.5 Å². The molecule has 2 N–H and O–H groups in total. The molecule has 2 aromatic heterocycles. The van der Waals surface area contributed by atoms with Gasteiger partial charge in [-0.3, -0.25) is 9.48 Å². The summed E-state index contributed by atoms with van der Waals surface area (Å²) in [5, 5.41) is 31.2. The summed E-state index contributed by atoms with van der Waals surface area (Å²) >= 11 is 0. The molecule has 5 aromatic rings. The molecule has 3 aromatic carbocycles. The second-order valence-corrected chi connectivity index (χ2v) is 14.7. The minimum Gasteiger partial charge on any atom is -0.406 e. The molecule has 0 saturated heterocycles. The highest BCUT2D eigenvalue weighted by Crippen LogP contribution is 2.39. The van der Waals surface area contributed by atoms with Crippen LogP contribution < -0.4 is 4.74 Å². The highest BCUT2D eigenvalue weighted by Gasteiger charge is 2.45. The van der Waals surface area contributed by atoms with Crippen LogP contribution in [0.5, 0.6) is 5.75 Å². The molecule has 0 amide bonds. The number of carbonyl (C=O) groups excluding carboxylic acids is 1. The largest absolute Gasteiger partial charge is 0.573 e. The number of ketones is 1. The number of aromatic nitrogens is 5. The minimum absolute atomic E-state index is 0.0412. The van der Waals surface area contributed by atoms with Crippen molar-refractivity contribution >= 4 is 15.6 Å². The minimum atomic E-state index is -4.94. The van der Waals surface area contributed by atoms with E-state index >= 15 is 13.2 Å². The molecule has 2 heterocycles. The number of carbonyl (C=O) groups is 1. The molecule has 18 heteroatoms. The van der Waals surface area contributed by atoms with Gasteiger partial charge in [0.25, 0.3) is 0 Å². The number of benzene rings is 3. The Kier molecular flexibility index (Phi) is 10.1. The van der Waals surface area contributed by atoms with Gasteiger partial charge in [-0.05, 0) is 65.1 Å². The number of ether oxygens (including phenoxy) is 1. The van der Waals surface area contributed by atoms with Gasteiger partial charge in [-0.2, -0.15) is 13.9 Å². The van der Waals surface area contributed by atoms with E-state index in [1.54, 1.807) is 0 Å². The average Bonchev–Trinajstić information content (AvgIpc) is 3.70. The third-order valence-corrected chi connectivity index (χ3v) is 9.26. The highest BCUT2D eigenvalue weighted by molar-refractivity contribution is 7.90. The first-order chi connectivity index (χ1) is 24.1. The fourth-order valence-electron chi connectivity index (χ4n) is 5.42. The van der Waals surface area contributed by atoms with Crippen molar-refractivity contribution in [1.29, 1.82) is 0 Å². The van der Waals surface area contributed by atoms with Crippen LogP contribution in [0.4, 0.5) is 26.3 Å². The molecule has 0 unspecified atom stereocenters. The number of nitrogens with zero attached hydrogens (tertiary/aromatic N) is 5. The Hall–Kier alpha value is -5.07. The molecular weight excluding hydrogens is 720 g/mol. The first-order valence-corrected chi connectivity index (χ1v) is 17.2. The summed E-state index contributed by atoms with van der Waals surface area (Å²) in [6, 6.07) is 12.2. The van der Waals surface area contributed by atoms with E-state index in [4.69, 9.17) is 0 Å². The summed E-state index contributed by atoms with van der Waals surface area (Å²) in [4.78, 5) is 12.3. The van der Waals surface area contributed by atoms with Crippen LogP contribution >= 0.6 is 0 Å². The van der Waals surface area contributed by atoms with Crippen LogP contribution in [0.2, 0.25) is 0 Å². The van der Waals surface area contributed by atoms with Crippen LogP contribution in [0.25, 0.3) is 39.3 Å². The Bertz CT molecular complexity index is 2250. The molecule has 0 aliphatic carbocycles. The number of alkyl halides is 5. The second kappa shape index (κ2) is 13.8. The van der Waals surface area contributed by atoms with Crippen molar-refractivity contribution in [3.8, 4) is 45.1 Å². The number of hydrogen-bond acceptors (Lipinski definition) is 9. The summed E-state index contributed by atoms with van der Waals surface area (Å²) in [5.41, 5.74) is -1.41. The number of hydrogen-bond donors (Lipinski definition) is 2. The van der Waals surface area contributed by atoms with Gasteiger partial charge in [0.05, 0.1) is 34.8 Å². The van der Waals surface area contributed by atoms with E-state index in [0.717, 1.165) is 41.3 Å². The molecule has 0 spiro atoms. The molecule has 0 fully saturated rings. The summed E-state index contributed by atoms with van der Waals surface area (Å²) in [6.45, 7) is 1.48. The van der Waals surface area contributed by atoms with Crippen molar-refractivity contribution in [3.05, 3.63) is 83.9 Å². The second-order valence-electron chi connectivity index (χ2n) is 12.7. The maximum absolute atomic E-state index is 15.5. The van der Waals surface area contributed by atoms with Gasteiger partial charge < -0.3 is 14.9 Å². The third-order valence-electron chi connectivity index (χ3n) is 8.10. The van der Waals surface area contributed by atoms with Crippen molar-refractivity contribution in [2.24, 2.45) is 12.5 Å². The van der Waals surface area contributed by atoms with Gasteiger partial charge in [-0.1, -0.05) is 31.2 Å². The van der Waals surface area contributed by atoms with Crippen molar-refractivity contribution < 1.29 is 54.5 Å². The lowest BCUT2D eigenvalue weighted by Gasteiger charge is -2.23. The summed E-state index contributed by atoms with van der Waals surface area (Å²) in [7, 11) is -2.69. The topological polar surface area (TPSA) is 149 Å². The van der Waals surface area contributed by atoms with Crippen molar-refractivity contribution in [1.82, 2.24) is 24.8 Å². The first-order valence-electron chi connectivity index (χ1n) is 15.3. The Labute approximate surface area is 293 Å². The van der Waals surface area contributed by atoms with E-state index in [0.29, 0.717) is 5.56 Å². The molecule has 0 saturated carbocycles. The predicted molar refractivity (Wildman–Crippen MR) is 174 cm³/mol. The van der Waals surface area contributed by atoms with E-state index in [-0.39, 0.29) is 33.8 Å². The van der Waals surface area contributed by atoms with E-state index in [9.17, 15) is 36.6 Å².